The van der Waals surface area contributed by atoms with Crippen LogP contribution in [-0.4, -0.2) is 19.6 Å². The van der Waals surface area contributed by atoms with Gasteiger partial charge >= 0.3 is 0 Å². The number of hydrogen-bond acceptors (Lipinski definition) is 3. The van der Waals surface area contributed by atoms with Gasteiger partial charge in [-0.15, -0.1) is 29.8 Å². The Kier molecular flexibility index (Phi) is 9.41. The molecule has 5 heteroatoms. The van der Waals surface area contributed by atoms with Crippen LogP contribution >= 0.6 is 0 Å². The Labute approximate surface area is 297 Å². The SMILES string of the molecule is CC(C)c1ccc2cc(-c3[c-]c(-c4cccc5c4nc(-c4ccccc4O)n5-c4c(C(C)C)cccc4C(C)C)ccc3)ncc2c1.[Pt]. The molecular formula is C43H40N3OPt-. The quantitative estimate of drug-likeness (QED) is 0.163. The third kappa shape index (κ3) is 5.99. The number of phenolic OH excluding ortho intramolecular Hbond substituents is 1. The van der Waals surface area contributed by atoms with E-state index >= 15 is 0 Å². The molecule has 5 aromatic carbocycles. The van der Waals surface area contributed by atoms with Crippen LogP contribution in [0.3, 0.4) is 0 Å². The molecule has 0 bridgehead atoms. The van der Waals surface area contributed by atoms with Crippen molar-refractivity contribution in [3.63, 3.8) is 0 Å². The number of rotatable bonds is 7. The van der Waals surface area contributed by atoms with Gasteiger partial charge in [0.2, 0.25) is 0 Å². The molecule has 244 valence electrons. The van der Waals surface area contributed by atoms with Gasteiger partial charge in [-0.25, -0.2) is 4.98 Å². The van der Waals surface area contributed by atoms with Crippen molar-refractivity contribution in [2.24, 2.45) is 0 Å². The fraction of sp³-hybridized carbons (Fsp3) is 0.209. The van der Waals surface area contributed by atoms with Crippen LogP contribution in [0.1, 0.15) is 76.0 Å². The number of hydrogen-bond donors (Lipinski definition) is 1. The minimum Gasteiger partial charge on any atom is -0.507 e. The molecule has 0 amide bonds. The molecule has 0 aliphatic carbocycles. The summed E-state index contributed by atoms with van der Waals surface area (Å²) in [5.74, 6) is 1.97. The topological polar surface area (TPSA) is 50.9 Å². The number of phenols is 1. The van der Waals surface area contributed by atoms with Gasteiger partial charge in [0.05, 0.1) is 22.3 Å². The van der Waals surface area contributed by atoms with Gasteiger partial charge in [-0.1, -0.05) is 113 Å². The van der Waals surface area contributed by atoms with Gasteiger partial charge in [-0.3, -0.25) is 9.55 Å². The Morgan fingerprint density at radius 2 is 1.31 bits per heavy atom. The van der Waals surface area contributed by atoms with E-state index in [2.05, 4.69) is 131 Å². The zero-order valence-electron chi connectivity index (χ0n) is 28.2. The van der Waals surface area contributed by atoms with Crippen LogP contribution < -0.4 is 0 Å². The van der Waals surface area contributed by atoms with E-state index in [9.17, 15) is 5.11 Å². The van der Waals surface area contributed by atoms with Gasteiger partial charge in [0.25, 0.3) is 0 Å². The van der Waals surface area contributed by atoms with Crippen LogP contribution in [0.2, 0.25) is 0 Å². The molecular weight excluding hydrogens is 770 g/mol. The molecule has 0 saturated carbocycles. The standard InChI is InChI=1S/C43H40N3O.Pt/c1-26(2)29-20-21-30-24-38(44-25-33(30)22-29)32-13-9-12-31(23-32)36-17-11-18-39-41(36)45-43(37-14-7-8-19-40(37)47)46(39)42-34(27(3)4)15-10-16-35(42)28(5)6;/h7-22,24-28,47H,1-6H3;/q-1;. The predicted octanol–water partition coefficient (Wildman–Crippen LogP) is 11.4. The summed E-state index contributed by atoms with van der Waals surface area (Å²) in [6.07, 6.45) is 1.97. The Morgan fingerprint density at radius 3 is 2.02 bits per heavy atom. The molecule has 2 heterocycles. The van der Waals surface area contributed by atoms with Crippen LogP contribution in [0.25, 0.3) is 61.3 Å². The maximum atomic E-state index is 11.1. The second kappa shape index (κ2) is 13.5. The first-order valence-corrected chi connectivity index (χ1v) is 16.6. The molecule has 0 radical (unpaired) electrons. The molecule has 0 unspecified atom stereocenters. The zero-order valence-corrected chi connectivity index (χ0v) is 30.5. The van der Waals surface area contributed by atoms with Crippen molar-refractivity contribution in [3.8, 4) is 45.2 Å². The van der Waals surface area contributed by atoms with Gasteiger partial charge in [0, 0.05) is 33.0 Å². The summed E-state index contributed by atoms with van der Waals surface area (Å²) in [6, 6.07) is 39.1. The third-order valence-electron chi connectivity index (χ3n) is 9.17. The summed E-state index contributed by atoms with van der Waals surface area (Å²) in [4.78, 5) is 10.2. The number of fused-ring (bicyclic) bond motifs is 2. The fourth-order valence-electron chi connectivity index (χ4n) is 6.60. The average molecular weight is 810 g/mol. The molecule has 7 rings (SSSR count). The first-order valence-electron chi connectivity index (χ1n) is 16.6. The first-order chi connectivity index (χ1) is 22.7. The maximum absolute atomic E-state index is 11.1. The summed E-state index contributed by atoms with van der Waals surface area (Å²) >= 11 is 0. The molecule has 0 aliphatic heterocycles. The van der Waals surface area contributed by atoms with Gasteiger partial charge in [-0.05, 0) is 69.5 Å². The van der Waals surface area contributed by atoms with Crippen LogP contribution in [0, 0.1) is 6.07 Å². The third-order valence-corrected chi connectivity index (χ3v) is 9.17. The summed E-state index contributed by atoms with van der Waals surface area (Å²) in [5, 5.41) is 13.4. The van der Waals surface area contributed by atoms with Crippen molar-refractivity contribution in [2.45, 2.75) is 59.3 Å². The van der Waals surface area contributed by atoms with E-state index in [1.807, 2.05) is 24.4 Å². The summed E-state index contributed by atoms with van der Waals surface area (Å²) in [6.45, 7) is 13.4. The Hall–Kier alpha value is -4.53. The van der Waals surface area contributed by atoms with E-state index in [4.69, 9.17) is 9.97 Å². The second-order valence-corrected chi connectivity index (χ2v) is 13.4. The van der Waals surface area contributed by atoms with Crippen LogP contribution in [-0.2, 0) is 21.1 Å². The summed E-state index contributed by atoms with van der Waals surface area (Å²) < 4.78 is 2.26. The average Bonchev–Trinajstić information content (AvgIpc) is 3.46. The first kappa shape index (κ1) is 33.4. The molecule has 0 fully saturated rings. The normalized spacial score (nSPS) is 11.6. The molecule has 48 heavy (non-hydrogen) atoms. The van der Waals surface area contributed by atoms with Gasteiger partial charge in [0.15, 0.2) is 0 Å². The van der Waals surface area contributed by atoms with Crippen LogP contribution in [0.15, 0.2) is 109 Å². The van der Waals surface area contributed by atoms with Crippen molar-refractivity contribution < 1.29 is 26.2 Å². The van der Waals surface area contributed by atoms with E-state index in [0.29, 0.717) is 17.3 Å². The molecule has 2 aromatic heterocycles. The maximum Gasteiger partial charge on any atom is 0.148 e. The largest absolute Gasteiger partial charge is 0.507 e. The number of benzene rings is 5. The minimum absolute atomic E-state index is 0. The smallest absolute Gasteiger partial charge is 0.148 e. The Bertz CT molecular complexity index is 2240. The minimum atomic E-state index is 0. The number of imidazole rings is 1. The molecule has 0 atom stereocenters. The molecule has 7 aromatic rings. The van der Waals surface area contributed by atoms with E-state index in [1.165, 1.54) is 16.7 Å². The van der Waals surface area contributed by atoms with Crippen molar-refractivity contribution in [2.75, 3.05) is 0 Å². The Balaban J connectivity index is 0.00000401. The predicted molar refractivity (Wildman–Crippen MR) is 195 cm³/mol. The number of aromatic nitrogens is 3. The molecule has 0 saturated heterocycles. The van der Waals surface area contributed by atoms with E-state index in [0.717, 1.165) is 49.9 Å². The molecule has 1 N–H and O–H groups in total. The number of pyridine rings is 1. The second-order valence-electron chi connectivity index (χ2n) is 13.4. The zero-order chi connectivity index (χ0) is 32.8. The molecule has 0 aliphatic rings. The fourth-order valence-corrected chi connectivity index (χ4v) is 6.60. The number of aromatic hydroxyl groups is 1. The van der Waals surface area contributed by atoms with Crippen LogP contribution in [0.5, 0.6) is 5.75 Å². The number of nitrogens with zero attached hydrogens (tertiary/aromatic N) is 3. The van der Waals surface area contributed by atoms with Crippen molar-refractivity contribution in [3.05, 3.63) is 132 Å². The van der Waals surface area contributed by atoms with Gasteiger partial charge in [-0.2, -0.15) is 0 Å². The van der Waals surface area contributed by atoms with Crippen LogP contribution in [0.4, 0.5) is 0 Å². The van der Waals surface area contributed by atoms with E-state index in [-0.39, 0.29) is 38.7 Å². The Morgan fingerprint density at radius 1 is 0.646 bits per heavy atom. The number of para-hydroxylation sites is 3. The molecule has 0 spiro atoms. The van der Waals surface area contributed by atoms with E-state index in [1.54, 1.807) is 6.07 Å². The van der Waals surface area contributed by atoms with Gasteiger partial charge in [0.1, 0.15) is 11.6 Å². The monoisotopic (exact) mass is 809 g/mol. The van der Waals surface area contributed by atoms with Crippen molar-refractivity contribution >= 4 is 21.8 Å². The van der Waals surface area contributed by atoms with Gasteiger partial charge < -0.3 is 5.11 Å². The van der Waals surface area contributed by atoms with E-state index < -0.39 is 0 Å². The van der Waals surface area contributed by atoms with Crippen molar-refractivity contribution in [1.82, 2.24) is 14.5 Å². The summed E-state index contributed by atoms with van der Waals surface area (Å²) in [7, 11) is 0. The molecule has 4 nitrogen and oxygen atoms in total. The summed E-state index contributed by atoms with van der Waals surface area (Å²) in [5.41, 5.74) is 11.2. The van der Waals surface area contributed by atoms with Crippen molar-refractivity contribution in [1.29, 1.82) is 0 Å².